The fourth-order valence-electron chi connectivity index (χ4n) is 1.46. The Kier molecular flexibility index (Phi) is 4.70. The summed E-state index contributed by atoms with van der Waals surface area (Å²) in [6, 6.07) is 0.151. The number of nitrogens with one attached hydrogen (secondary N) is 2. The monoisotopic (exact) mass is 254 g/mol. The third-order valence-corrected chi connectivity index (χ3v) is 2.72. The van der Waals surface area contributed by atoms with Gasteiger partial charge in [0, 0.05) is 19.3 Å². The van der Waals surface area contributed by atoms with Crippen LogP contribution in [-0.2, 0) is 11.8 Å². The van der Waals surface area contributed by atoms with Crippen molar-refractivity contribution in [3.05, 3.63) is 12.3 Å². The highest BCUT2D eigenvalue weighted by Gasteiger charge is 2.25. The summed E-state index contributed by atoms with van der Waals surface area (Å²) < 4.78 is 1.54. The van der Waals surface area contributed by atoms with Gasteiger partial charge in [-0.3, -0.25) is 10.00 Å². The van der Waals surface area contributed by atoms with Crippen LogP contribution in [0.2, 0.25) is 0 Å². The smallest absolute Gasteiger partial charge is 0.326 e. The van der Waals surface area contributed by atoms with Crippen molar-refractivity contribution >= 4 is 17.8 Å². The number of hydrogen-bond acceptors (Lipinski definition) is 3. The van der Waals surface area contributed by atoms with Crippen LogP contribution < -0.4 is 10.6 Å². The van der Waals surface area contributed by atoms with Crippen LogP contribution in [0.4, 0.5) is 10.6 Å². The van der Waals surface area contributed by atoms with Crippen LogP contribution in [-0.4, -0.2) is 32.9 Å². The lowest BCUT2D eigenvalue weighted by molar-refractivity contribution is -0.140. The number of amides is 2. The number of rotatable bonds is 5. The molecule has 0 radical (unpaired) electrons. The maximum absolute atomic E-state index is 11.6. The minimum atomic E-state index is -1.04. The Labute approximate surface area is 105 Å². The van der Waals surface area contributed by atoms with Crippen molar-refractivity contribution in [3.8, 4) is 0 Å². The molecular weight excluding hydrogens is 236 g/mol. The van der Waals surface area contributed by atoms with E-state index >= 15 is 0 Å². The molecule has 0 aliphatic carbocycles. The highest BCUT2D eigenvalue weighted by Crippen LogP contribution is 2.08. The Morgan fingerprint density at radius 2 is 2.22 bits per heavy atom. The van der Waals surface area contributed by atoms with Gasteiger partial charge in [-0.2, -0.15) is 5.10 Å². The molecule has 100 valence electrons. The fraction of sp³-hybridized carbons (Fsp3) is 0.545. The molecule has 0 bridgehead atoms. The van der Waals surface area contributed by atoms with Crippen molar-refractivity contribution in [1.29, 1.82) is 0 Å². The largest absolute Gasteiger partial charge is 0.480 e. The second-order valence-corrected chi connectivity index (χ2v) is 4.17. The standard InChI is InChI=1S/C11H18N4O3/c1-4-7(2)9(10(16)17)13-11(18)12-8-5-6-15(3)14-8/h5-7,9H,4H2,1-3H3,(H,16,17)(H2,12,13,14,18). The van der Waals surface area contributed by atoms with E-state index in [9.17, 15) is 9.59 Å². The summed E-state index contributed by atoms with van der Waals surface area (Å²) in [5.74, 6) is -0.805. The molecule has 7 nitrogen and oxygen atoms in total. The fourth-order valence-corrected chi connectivity index (χ4v) is 1.46. The van der Waals surface area contributed by atoms with Gasteiger partial charge in [-0.1, -0.05) is 20.3 Å². The number of aromatic nitrogens is 2. The third kappa shape index (κ3) is 3.76. The Bertz CT molecular complexity index is 430. The van der Waals surface area contributed by atoms with E-state index < -0.39 is 18.0 Å². The van der Waals surface area contributed by atoms with Crippen molar-refractivity contribution in [2.24, 2.45) is 13.0 Å². The molecule has 0 fully saturated rings. The lowest BCUT2D eigenvalue weighted by atomic mass is 9.99. The molecule has 2 unspecified atom stereocenters. The van der Waals surface area contributed by atoms with E-state index in [1.165, 1.54) is 0 Å². The minimum absolute atomic E-state index is 0.142. The molecular formula is C11H18N4O3. The van der Waals surface area contributed by atoms with Crippen molar-refractivity contribution < 1.29 is 14.7 Å². The van der Waals surface area contributed by atoms with E-state index in [2.05, 4.69) is 15.7 Å². The lowest BCUT2D eigenvalue weighted by Crippen LogP contribution is -2.46. The van der Waals surface area contributed by atoms with Crippen LogP contribution in [0.15, 0.2) is 12.3 Å². The summed E-state index contributed by atoms with van der Waals surface area (Å²) in [6.45, 7) is 3.65. The first-order chi connectivity index (χ1) is 8.43. The molecule has 1 heterocycles. The second-order valence-electron chi connectivity index (χ2n) is 4.17. The molecule has 0 saturated heterocycles. The first-order valence-electron chi connectivity index (χ1n) is 5.74. The number of hydrogen-bond donors (Lipinski definition) is 3. The van der Waals surface area contributed by atoms with E-state index in [1.54, 1.807) is 30.9 Å². The SMILES string of the molecule is CCC(C)C(NC(=O)Nc1ccn(C)n1)C(=O)O. The molecule has 0 aliphatic heterocycles. The summed E-state index contributed by atoms with van der Waals surface area (Å²) in [5, 5.41) is 17.9. The first-order valence-corrected chi connectivity index (χ1v) is 5.74. The molecule has 0 saturated carbocycles. The van der Waals surface area contributed by atoms with Gasteiger partial charge < -0.3 is 10.4 Å². The average Bonchev–Trinajstić information content (AvgIpc) is 2.70. The molecule has 18 heavy (non-hydrogen) atoms. The zero-order chi connectivity index (χ0) is 13.7. The number of urea groups is 1. The molecule has 7 heteroatoms. The number of anilines is 1. The van der Waals surface area contributed by atoms with Crippen molar-refractivity contribution in [1.82, 2.24) is 15.1 Å². The number of aliphatic carboxylic acids is 1. The lowest BCUT2D eigenvalue weighted by Gasteiger charge is -2.19. The van der Waals surface area contributed by atoms with Gasteiger partial charge in [0.15, 0.2) is 5.82 Å². The van der Waals surface area contributed by atoms with Crippen LogP contribution in [0.3, 0.4) is 0 Å². The van der Waals surface area contributed by atoms with Gasteiger partial charge in [0.25, 0.3) is 0 Å². The molecule has 1 aromatic rings. The first kappa shape index (κ1) is 14.0. The predicted octanol–water partition coefficient (Wildman–Crippen LogP) is 1.04. The highest BCUT2D eigenvalue weighted by atomic mass is 16.4. The molecule has 1 rings (SSSR count). The van der Waals surface area contributed by atoms with Gasteiger partial charge in [0.1, 0.15) is 6.04 Å². The van der Waals surface area contributed by atoms with E-state index in [0.29, 0.717) is 12.2 Å². The van der Waals surface area contributed by atoms with E-state index in [4.69, 9.17) is 5.11 Å². The average molecular weight is 254 g/mol. The number of carbonyl (C=O) groups is 2. The van der Waals surface area contributed by atoms with E-state index in [1.807, 2.05) is 6.92 Å². The molecule has 3 N–H and O–H groups in total. The molecule has 2 atom stereocenters. The Morgan fingerprint density at radius 1 is 1.56 bits per heavy atom. The molecule has 2 amide bonds. The zero-order valence-corrected chi connectivity index (χ0v) is 10.7. The van der Waals surface area contributed by atoms with Crippen LogP contribution in [0, 0.1) is 5.92 Å². The number of carboxylic acids is 1. The molecule has 0 aliphatic rings. The zero-order valence-electron chi connectivity index (χ0n) is 10.7. The van der Waals surface area contributed by atoms with Gasteiger partial charge in [0.2, 0.25) is 0 Å². The highest BCUT2D eigenvalue weighted by molar-refractivity contribution is 5.91. The van der Waals surface area contributed by atoms with Crippen LogP contribution in [0.5, 0.6) is 0 Å². The molecule has 0 aromatic carbocycles. The number of carboxylic acid groups (broad SMARTS) is 1. The maximum atomic E-state index is 11.6. The maximum Gasteiger partial charge on any atom is 0.326 e. The van der Waals surface area contributed by atoms with Crippen LogP contribution >= 0.6 is 0 Å². The van der Waals surface area contributed by atoms with Crippen molar-refractivity contribution in [2.75, 3.05) is 5.32 Å². The predicted molar refractivity (Wildman–Crippen MR) is 66.2 cm³/mol. The molecule has 1 aromatic heterocycles. The van der Waals surface area contributed by atoms with Crippen LogP contribution in [0.25, 0.3) is 0 Å². The van der Waals surface area contributed by atoms with Gasteiger partial charge in [0.05, 0.1) is 0 Å². The Balaban J connectivity index is 2.59. The topological polar surface area (TPSA) is 96.3 Å². The van der Waals surface area contributed by atoms with Gasteiger partial charge >= 0.3 is 12.0 Å². The Hall–Kier alpha value is -2.05. The normalized spacial score (nSPS) is 13.7. The quantitative estimate of drug-likeness (QED) is 0.731. The van der Waals surface area contributed by atoms with E-state index in [0.717, 1.165) is 0 Å². The minimum Gasteiger partial charge on any atom is -0.480 e. The van der Waals surface area contributed by atoms with E-state index in [-0.39, 0.29) is 5.92 Å². The summed E-state index contributed by atoms with van der Waals surface area (Å²) in [7, 11) is 1.72. The summed E-state index contributed by atoms with van der Waals surface area (Å²) in [6.07, 6.45) is 2.35. The number of aryl methyl sites for hydroxylation is 1. The second kappa shape index (κ2) is 6.04. The number of nitrogens with zero attached hydrogens (tertiary/aromatic N) is 2. The van der Waals surface area contributed by atoms with Gasteiger partial charge in [-0.15, -0.1) is 0 Å². The van der Waals surface area contributed by atoms with Gasteiger partial charge in [-0.05, 0) is 5.92 Å². The van der Waals surface area contributed by atoms with Gasteiger partial charge in [-0.25, -0.2) is 9.59 Å². The third-order valence-electron chi connectivity index (χ3n) is 2.72. The number of carbonyl (C=O) groups excluding carboxylic acids is 1. The van der Waals surface area contributed by atoms with Crippen molar-refractivity contribution in [3.63, 3.8) is 0 Å². The summed E-state index contributed by atoms with van der Waals surface area (Å²) >= 11 is 0. The van der Waals surface area contributed by atoms with Crippen LogP contribution in [0.1, 0.15) is 20.3 Å². The summed E-state index contributed by atoms with van der Waals surface area (Å²) in [5.41, 5.74) is 0. The molecule has 0 spiro atoms. The summed E-state index contributed by atoms with van der Waals surface area (Å²) in [4.78, 5) is 22.7. The Morgan fingerprint density at radius 3 is 2.67 bits per heavy atom. The van der Waals surface area contributed by atoms with Crippen molar-refractivity contribution in [2.45, 2.75) is 26.3 Å².